The van der Waals surface area contributed by atoms with Crippen LogP contribution in [0.5, 0.6) is 0 Å². The average molecular weight is 287 g/mol. The van der Waals surface area contributed by atoms with Crippen molar-refractivity contribution in [1.29, 1.82) is 0 Å². The normalized spacial score (nSPS) is 17.3. The largest absolute Gasteiger partial charge is 0.349 e. The maximum atomic E-state index is 13.3. The van der Waals surface area contributed by atoms with E-state index in [4.69, 9.17) is 0 Å². The molecule has 1 heterocycles. The number of hydrogen-bond donors (Lipinski definition) is 1. The van der Waals surface area contributed by atoms with Crippen LogP contribution in [-0.2, 0) is 17.8 Å². The molecule has 1 amide bonds. The van der Waals surface area contributed by atoms with E-state index < -0.39 is 0 Å². The Morgan fingerprint density at radius 2 is 2.38 bits per heavy atom. The molecule has 1 aliphatic rings. The molecule has 0 bridgehead atoms. The van der Waals surface area contributed by atoms with Crippen LogP contribution >= 0.6 is 0 Å². The summed E-state index contributed by atoms with van der Waals surface area (Å²) >= 11 is 0. The lowest BCUT2D eigenvalue weighted by molar-refractivity contribution is -0.122. The first-order chi connectivity index (χ1) is 10.2. The molecule has 1 aromatic carbocycles. The van der Waals surface area contributed by atoms with Crippen molar-refractivity contribution in [3.8, 4) is 0 Å². The molecule has 110 valence electrons. The number of hydrogen-bond acceptors (Lipinski definition) is 2. The average Bonchev–Trinajstić information content (AvgIpc) is 2.98. The monoisotopic (exact) mass is 287 g/mol. The molecule has 1 aliphatic carbocycles. The summed E-state index contributed by atoms with van der Waals surface area (Å²) < 4.78 is 15.0. The maximum Gasteiger partial charge on any atom is 0.222 e. The molecular formula is C16H18FN3O. The van der Waals surface area contributed by atoms with E-state index in [2.05, 4.69) is 10.4 Å². The summed E-state index contributed by atoms with van der Waals surface area (Å²) in [6.45, 7) is 0.571. The van der Waals surface area contributed by atoms with Gasteiger partial charge in [0.1, 0.15) is 5.82 Å². The predicted octanol–water partition coefficient (Wildman–Crippen LogP) is 2.61. The Morgan fingerprint density at radius 1 is 1.48 bits per heavy atom. The smallest absolute Gasteiger partial charge is 0.222 e. The number of rotatable bonds is 4. The van der Waals surface area contributed by atoms with E-state index in [0.29, 0.717) is 13.0 Å². The van der Waals surface area contributed by atoms with Crippen LogP contribution in [0.25, 0.3) is 0 Å². The van der Waals surface area contributed by atoms with Gasteiger partial charge in [0.05, 0.1) is 6.04 Å². The highest BCUT2D eigenvalue weighted by molar-refractivity contribution is 5.76. The molecule has 21 heavy (non-hydrogen) atoms. The summed E-state index contributed by atoms with van der Waals surface area (Å²) in [6.07, 6.45) is 6.70. The van der Waals surface area contributed by atoms with E-state index in [0.717, 1.165) is 30.4 Å². The van der Waals surface area contributed by atoms with Gasteiger partial charge in [0, 0.05) is 25.4 Å². The lowest BCUT2D eigenvalue weighted by Crippen LogP contribution is -2.31. The van der Waals surface area contributed by atoms with Gasteiger partial charge >= 0.3 is 0 Å². The summed E-state index contributed by atoms with van der Waals surface area (Å²) in [4.78, 5) is 12.1. The van der Waals surface area contributed by atoms with Crippen molar-refractivity contribution in [3.63, 3.8) is 0 Å². The number of carbonyl (C=O) groups is 1. The highest BCUT2D eigenvalue weighted by Crippen LogP contribution is 2.30. The minimum atomic E-state index is -0.209. The van der Waals surface area contributed by atoms with Gasteiger partial charge in [-0.25, -0.2) is 4.39 Å². The highest BCUT2D eigenvalue weighted by Gasteiger charge is 2.21. The number of halogens is 1. The fourth-order valence-electron chi connectivity index (χ4n) is 2.85. The Labute approximate surface area is 123 Å². The van der Waals surface area contributed by atoms with Gasteiger partial charge in [-0.2, -0.15) is 5.10 Å². The Morgan fingerprint density at radius 3 is 3.19 bits per heavy atom. The molecular weight excluding hydrogens is 269 g/mol. The first kappa shape index (κ1) is 13.8. The van der Waals surface area contributed by atoms with Crippen LogP contribution in [0, 0.1) is 5.82 Å². The number of aromatic nitrogens is 2. The molecule has 1 aromatic heterocycles. The third-order valence-electron chi connectivity index (χ3n) is 3.88. The van der Waals surface area contributed by atoms with Gasteiger partial charge in [0.25, 0.3) is 0 Å². The van der Waals surface area contributed by atoms with Crippen molar-refractivity contribution < 1.29 is 9.18 Å². The predicted molar refractivity (Wildman–Crippen MR) is 77.1 cm³/mol. The van der Waals surface area contributed by atoms with E-state index in [1.54, 1.807) is 23.0 Å². The molecule has 5 heteroatoms. The van der Waals surface area contributed by atoms with E-state index >= 15 is 0 Å². The quantitative estimate of drug-likeness (QED) is 0.939. The summed E-state index contributed by atoms with van der Waals surface area (Å²) in [5, 5.41) is 7.13. The number of amides is 1. The zero-order chi connectivity index (χ0) is 14.7. The van der Waals surface area contributed by atoms with Crippen molar-refractivity contribution in [2.24, 2.45) is 0 Å². The summed E-state index contributed by atoms with van der Waals surface area (Å²) in [5.74, 6) is -0.202. The van der Waals surface area contributed by atoms with E-state index in [9.17, 15) is 9.18 Å². The summed E-state index contributed by atoms with van der Waals surface area (Å²) in [7, 11) is 0. The van der Waals surface area contributed by atoms with Gasteiger partial charge in [-0.05, 0) is 48.6 Å². The molecule has 0 radical (unpaired) electrons. The lowest BCUT2D eigenvalue weighted by atomic mass is 9.87. The van der Waals surface area contributed by atoms with Crippen LogP contribution in [0.1, 0.15) is 36.4 Å². The molecule has 3 rings (SSSR count). The van der Waals surface area contributed by atoms with Crippen molar-refractivity contribution in [2.75, 3.05) is 0 Å². The number of nitrogens with zero attached hydrogens (tertiary/aromatic N) is 2. The van der Waals surface area contributed by atoms with E-state index in [-0.39, 0.29) is 17.8 Å². The van der Waals surface area contributed by atoms with Gasteiger partial charge in [-0.1, -0.05) is 6.07 Å². The third-order valence-corrected chi connectivity index (χ3v) is 3.88. The molecule has 4 nitrogen and oxygen atoms in total. The molecule has 0 fully saturated rings. The van der Waals surface area contributed by atoms with E-state index in [1.165, 1.54) is 6.07 Å². The Bertz CT molecular complexity index is 624. The first-order valence-electron chi connectivity index (χ1n) is 7.27. The van der Waals surface area contributed by atoms with Gasteiger partial charge in [-0.15, -0.1) is 0 Å². The number of carbonyl (C=O) groups excluding carboxylic acids is 1. The maximum absolute atomic E-state index is 13.3. The zero-order valence-electron chi connectivity index (χ0n) is 11.8. The molecule has 0 spiro atoms. The van der Waals surface area contributed by atoms with Crippen LogP contribution in [0.15, 0.2) is 36.7 Å². The summed E-state index contributed by atoms with van der Waals surface area (Å²) in [6, 6.07) is 6.68. The topological polar surface area (TPSA) is 46.9 Å². The molecule has 1 N–H and O–H groups in total. The van der Waals surface area contributed by atoms with Crippen molar-refractivity contribution in [2.45, 2.75) is 38.3 Å². The second-order valence-corrected chi connectivity index (χ2v) is 5.37. The van der Waals surface area contributed by atoms with Crippen LogP contribution in [0.4, 0.5) is 4.39 Å². The van der Waals surface area contributed by atoms with Gasteiger partial charge in [-0.3, -0.25) is 9.48 Å². The Kier molecular flexibility index (Phi) is 3.99. The number of nitrogens with one attached hydrogen (secondary N) is 1. The second kappa shape index (κ2) is 6.08. The van der Waals surface area contributed by atoms with Crippen LogP contribution in [0.2, 0.25) is 0 Å². The highest BCUT2D eigenvalue weighted by atomic mass is 19.1. The fourth-order valence-corrected chi connectivity index (χ4v) is 2.85. The van der Waals surface area contributed by atoms with Gasteiger partial charge in [0.2, 0.25) is 5.91 Å². The third kappa shape index (κ3) is 3.29. The standard InChI is InChI=1S/C16H18FN3O/c17-13-5-6-14-12(11-13)3-1-4-15(14)19-16(21)7-10-20-9-2-8-18-20/h2,5-6,8-9,11,15H,1,3-4,7,10H2,(H,19,21). The van der Waals surface area contributed by atoms with Crippen molar-refractivity contribution >= 4 is 5.91 Å². The minimum Gasteiger partial charge on any atom is -0.349 e. The molecule has 1 atom stereocenters. The molecule has 1 unspecified atom stereocenters. The van der Waals surface area contributed by atoms with E-state index in [1.807, 2.05) is 12.3 Å². The Hall–Kier alpha value is -2.17. The van der Waals surface area contributed by atoms with Crippen molar-refractivity contribution in [3.05, 3.63) is 53.6 Å². The van der Waals surface area contributed by atoms with Gasteiger partial charge < -0.3 is 5.32 Å². The zero-order valence-corrected chi connectivity index (χ0v) is 11.8. The van der Waals surface area contributed by atoms with Crippen LogP contribution < -0.4 is 5.32 Å². The van der Waals surface area contributed by atoms with Crippen molar-refractivity contribution in [1.82, 2.24) is 15.1 Å². The fraction of sp³-hybridized carbons (Fsp3) is 0.375. The first-order valence-corrected chi connectivity index (χ1v) is 7.27. The number of aryl methyl sites for hydroxylation is 2. The molecule has 0 saturated carbocycles. The lowest BCUT2D eigenvalue weighted by Gasteiger charge is -2.26. The summed E-state index contributed by atoms with van der Waals surface area (Å²) in [5.41, 5.74) is 2.06. The van der Waals surface area contributed by atoms with Gasteiger partial charge in [0.15, 0.2) is 0 Å². The molecule has 0 aliphatic heterocycles. The SMILES string of the molecule is O=C(CCn1cccn1)NC1CCCc2cc(F)ccc21. The number of fused-ring (bicyclic) bond motifs is 1. The minimum absolute atomic E-state index is 0.000489. The Balaban J connectivity index is 1.62. The number of benzene rings is 1. The van der Waals surface area contributed by atoms with Crippen LogP contribution in [-0.4, -0.2) is 15.7 Å². The molecule has 0 saturated heterocycles. The van der Waals surface area contributed by atoms with Crippen LogP contribution in [0.3, 0.4) is 0 Å². The second-order valence-electron chi connectivity index (χ2n) is 5.37. The molecule has 2 aromatic rings.